The molecule has 0 aliphatic carbocycles. The second kappa shape index (κ2) is 6.67. The van der Waals surface area contributed by atoms with Crippen LogP contribution in [0.1, 0.15) is 4.88 Å². The highest BCUT2D eigenvalue weighted by Gasteiger charge is 2.05. The van der Waals surface area contributed by atoms with Crippen molar-refractivity contribution in [1.29, 1.82) is 10.5 Å². The molecule has 80 valence electrons. The van der Waals surface area contributed by atoms with E-state index in [4.69, 9.17) is 16.3 Å². The number of thioether (sulfide) groups is 1. The van der Waals surface area contributed by atoms with E-state index in [0.29, 0.717) is 11.6 Å². The summed E-state index contributed by atoms with van der Waals surface area (Å²) >= 11 is 2.93. The first-order chi connectivity index (χ1) is 7.77. The van der Waals surface area contributed by atoms with Crippen molar-refractivity contribution in [3.8, 4) is 12.1 Å². The van der Waals surface area contributed by atoms with Crippen LogP contribution in [0.4, 0.5) is 5.82 Å². The number of allylic oxidation sites excluding steroid dienone is 2. The molecule has 1 heterocycles. The lowest BCUT2D eigenvalue weighted by molar-refractivity contribution is 1.26. The highest BCUT2D eigenvalue weighted by Crippen LogP contribution is 2.29. The molecule has 0 bridgehead atoms. The van der Waals surface area contributed by atoms with Gasteiger partial charge in [-0.1, -0.05) is 17.8 Å². The van der Waals surface area contributed by atoms with Crippen LogP contribution in [0.5, 0.6) is 0 Å². The van der Waals surface area contributed by atoms with Crippen LogP contribution in [0.2, 0.25) is 0 Å². The molecule has 0 aromatic carbocycles. The zero-order chi connectivity index (χ0) is 11.8. The van der Waals surface area contributed by atoms with Crippen LogP contribution in [0.3, 0.4) is 0 Å². The molecule has 0 aliphatic heterocycles. The molecule has 0 aliphatic rings. The molecule has 1 aromatic heterocycles. The van der Waals surface area contributed by atoms with Gasteiger partial charge in [-0.15, -0.1) is 11.3 Å². The smallest absolute Gasteiger partial charge is 0.153 e. The molecule has 0 saturated heterocycles. The largest absolute Gasteiger partial charge is 0.382 e. The monoisotopic (exact) mass is 248 g/mol. The average Bonchev–Trinajstić information content (AvgIpc) is 2.63. The fourth-order valence-corrected chi connectivity index (χ4v) is 2.66. The fourth-order valence-electron chi connectivity index (χ4n) is 0.837. The van der Waals surface area contributed by atoms with Gasteiger partial charge in [0.25, 0.3) is 0 Å². The van der Waals surface area contributed by atoms with E-state index in [0.717, 1.165) is 9.22 Å². The van der Waals surface area contributed by atoms with Crippen molar-refractivity contribution in [3.05, 3.63) is 23.1 Å². The first-order valence-electron chi connectivity index (χ1n) is 4.28. The van der Waals surface area contributed by atoms with Gasteiger partial charge in [-0.3, -0.25) is 0 Å². The molecule has 0 atom stereocenters. The van der Waals surface area contributed by atoms with Gasteiger partial charge in [-0.2, -0.15) is 10.5 Å². The molecule has 0 amide bonds. The van der Waals surface area contributed by atoms with Crippen molar-refractivity contribution in [2.45, 2.75) is 4.34 Å². The molecule has 16 heavy (non-hydrogen) atoms. The minimum atomic E-state index is 0.434. The Labute approximate surface area is 102 Å². The molecular formula is C10H8N4S2. The third kappa shape index (κ3) is 3.77. The number of hydrogen-bond donors (Lipinski definition) is 1. The van der Waals surface area contributed by atoms with Crippen molar-refractivity contribution < 1.29 is 0 Å². The van der Waals surface area contributed by atoms with Crippen LogP contribution in [0.25, 0.3) is 6.08 Å². The highest BCUT2D eigenvalue weighted by atomic mass is 32.2. The molecule has 0 fully saturated rings. The Hall–Kier alpha value is -1.76. The quantitative estimate of drug-likeness (QED) is 0.653. The molecule has 0 spiro atoms. The lowest BCUT2D eigenvalue weighted by Gasteiger charge is -1.87. The lowest BCUT2D eigenvalue weighted by Crippen LogP contribution is -1.85. The number of thiazole rings is 1. The number of aromatic nitrogens is 1. The molecular weight excluding hydrogens is 240 g/mol. The zero-order valence-electron chi connectivity index (χ0n) is 8.25. The summed E-state index contributed by atoms with van der Waals surface area (Å²) < 4.78 is 0.831. The Morgan fingerprint density at radius 1 is 1.38 bits per heavy atom. The summed E-state index contributed by atoms with van der Waals surface area (Å²) in [5.74, 6) is 1.12. The highest BCUT2D eigenvalue weighted by molar-refractivity contribution is 8.01. The lowest BCUT2D eigenvalue weighted by atomic mass is 10.4. The predicted molar refractivity (Wildman–Crippen MR) is 66.7 cm³/mol. The van der Waals surface area contributed by atoms with Gasteiger partial charge in [0, 0.05) is 17.9 Å². The summed E-state index contributed by atoms with van der Waals surface area (Å²) in [7, 11) is 0. The summed E-state index contributed by atoms with van der Waals surface area (Å²) in [4.78, 5) is 4.93. The molecule has 2 N–H and O–H groups in total. The van der Waals surface area contributed by atoms with Crippen molar-refractivity contribution in [2.24, 2.45) is 0 Å². The second-order valence-corrected chi connectivity index (χ2v) is 4.83. The number of anilines is 1. The topological polar surface area (TPSA) is 86.5 Å². The Morgan fingerprint density at radius 2 is 2.12 bits per heavy atom. The molecule has 6 heteroatoms. The number of nitrogens with two attached hydrogens (primary N) is 1. The minimum Gasteiger partial charge on any atom is -0.382 e. The van der Waals surface area contributed by atoms with Gasteiger partial charge in [0.05, 0.1) is 17.0 Å². The third-order valence-corrected chi connectivity index (χ3v) is 3.60. The molecule has 1 aromatic rings. The third-order valence-electron chi connectivity index (χ3n) is 1.47. The summed E-state index contributed by atoms with van der Waals surface area (Å²) in [6.07, 6.45) is 6.20. The Balaban J connectivity index is 2.64. The van der Waals surface area contributed by atoms with Gasteiger partial charge in [-0.05, 0) is 6.08 Å². The Morgan fingerprint density at radius 3 is 2.81 bits per heavy atom. The first kappa shape index (κ1) is 12.3. The average molecular weight is 248 g/mol. The van der Waals surface area contributed by atoms with Gasteiger partial charge in [0.1, 0.15) is 5.82 Å². The minimum absolute atomic E-state index is 0.434. The van der Waals surface area contributed by atoms with Crippen LogP contribution in [-0.2, 0) is 0 Å². The van der Waals surface area contributed by atoms with Crippen molar-refractivity contribution in [3.63, 3.8) is 0 Å². The van der Waals surface area contributed by atoms with E-state index >= 15 is 0 Å². The van der Waals surface area contributed by atoms with Crippen LogP contribution < -0.4 is 5.73 Å². The van der Waals surface area contributed by atoms with E-state index < -0.39 is 0 Å². The summed E-state index contributed by atoms with van der Waals surface area (Å²) in [6.45, 7) is 0. The summed E-state index contributed by atoms with van der Waals surface area (Å²) in [5, 5.41) is 16.7. The number of rotatable bonds is 4. The van der Waals surface area contributed by atoms with Crippen LogP contribution in [0, 0.1) is 22.7 Å². The molecule has 1 rings (SSSR count). The fraction of sp³-hybridized carbons (Fsp3) is 0.100. The maximum atomic E-state index is 8.39. The zero-order valence-corrected chi connectivity index (χ0v) is 9.88. The van der Waals surface area contributed by atoms with Crippen LogP contribution >= 0.6 is 23.1 Å². The Kier molecular flexibility index (Phi) is 5.13. The number of nitrogen functional groups attached to an aromatic ring is 1. The van der Waals surface area contributed by atoms with Gasteiger partial charge in [0.15, 0.2) is 4.34 Å². The van der Waals surface area contributed by atoms with Crippen molar-refractivity contribution in [2.75, 3.05) is 11.5 Å². The van der Waals surface area contributed by atoms with E-state index in [2.05, 4.69) is 4.98 Å². The van der Waals surface area contributed by atoms with E-state index in [1.807, 2.05) is 12.1 Å². The van der Waals surface area contributed by atoms with Crippen LogP contribution in [0.15, 0.2) is 22.6 Å². The van der Waals surface area contributed by atoms with Gasteiger partial charge >= 0.3 is 0 Å². The van der Waals surface area contributed by atoms with E-state index in [1.165, 1.54) is 35.3 Å². The SMILES string of the molecule is N#C/C=C/CSc1nc(N)c(/C=C/C#N)s1. The van der Waals surface area contributed by atoms with Crippen molar-refractivity contribution >= 4 is 35.0 Å². The first-order valence-corrected chi connectivity index (χ1v) is 6.08. The van der Waals surface area contributed by atoms with Crippen LogP contribution in [-0.4, -0.2) is 10.7 Å². The molecule has 0 saturated carbocycles. The Bertz CT molecular complexity index is 488. The summed E-state index contributed by atoms with van der Waals surface area (Å²) in [6, 6.07) is 3.82. The molecule has 0 radical (unpaired) electrons. The maximum Gasteiger partial charge on any atom is 0.153 e. The maximum absolute atomic E-state index is 8.39. The normalized spacial score (nSPS) is 10.6. The number of hydrogen-bond acceptors (Lipinski definition) is 6. The van der Waals surface area contributed by atoms with Gasteiger partial charge < -0.3 is 5.73 Å². The van der Waals surface area contributed by atoms with E-state index in [-0.39, 0.29) is 0 Å². The number of nitriles is 2. The van der Waals surface area contributed by atoms with E-state index in [1.54, 1.807) is 12.2 Å². The summed E-state index contributed by atoms with van der Waals surface area (Å²) in [5.41, 5.74) is 5.67. The molecule has 4 nitrogen and oxygen atoms in total. The second-order valence-electron chi connectivity index (χ2n) is 2.53. The number of nitrogens with zero attached hydrogens (tertiary/aromatic N) is 3. The predicted octanol–water partition coefficient (Wildman–Crippen LogP) is 2.43. The van der Waals surface area contributed by atoms with Gasteiger partial charge in [0.2, 0.25) is 0 Å². The standard InChI is InChI=1S/C10H8N4S2/c11-5-1-2-7-15-10-14-9(13)8(16-10)4-3-6-12/h1-4H,7,13H2/b2-1+,4-3+. The van der Waals surface area contributed by atoms with E-state index in [9.17, 15) is 0 Å². The van der Waals surface area contributed by atoms with Gasteiger partial charge in [-0.25, -0.2) is 4.98 Å². The molecule has 0 unspecified atom stereocenters. The van der Waals surface area contributed by atoms with Crippen molar-refractivity contribution in [1.82, 2.24) is 4.98 Å².